The van der Waals surface area contributed by atoms with Crippen molar-refractivity contribution in [1.29, 1.82) is 0 Å². The summed E-state index contributed by atoms with van der Waals surface area (Å²) in [6.07, 6.45) is 2.48. The van der Waals surface area contributed by atoms with E-state index < -0.39 is 0 Å². The highest BCUT2D eigenvalue weighted by molar-refractivity contribution is 6.30. The van der Waals surface area contributed by atoms with E-state index in [-0.39, 0.29) is 0 Å². The Morgan fingerprint density at radius 3 is 2.39 bits per heavy atom. The van der Waals surface area contributed by atoms with Crippen molar-refractivity contribution in [3.8, 4) is 0 Å². The molecule has 0 aromatic heterocycles. The van der Waals surface area contributed by atoms with Gasteiger partial charge in [0.15, 0.2) is 0 Å². The minimum Gasteiger partial charge on any atom is -0.398 e. The van der Waals surface area contributed by atoms with Gasteiger partial charge in [0.05, 0.1) is 0 Å². The highest BCUT2D eigenvalue weighted by Crippen LogP contribution is 2.20. The van der Waals surface area contributed by atoms with Crippen molar-refractivity contribution in [3.05, 3.63) is 28.8 Å². The Morgan fingerprint density at radius 1 is 1.22 bits per heavy atom. The summed E-state index contributed by atoms with van der Waals surface area (Å²) in [6.45, 7) is 9.84. The highest BCUT2D eigenvalue weighted by Gasteiger charge is 2.11. The van der Waals surface area contributed by atoms with Gasteiger partial charge in [-0.2, -0.15) is 0 Å². The summed E-state index contributed by atoms with van der Waals surface area (Å²) in [6, 6.07) is 5.79. The molecule has 0 aliphatic heterocycles. The summed E-state index contributed by atoms with van der Waals surface area (Å²) in [7, 11) is 0. The SMILES string of the molecule is CCC(CC)CN(CC)Cc1ccc(Cl)cc1N. The standard InChI is InChI=1S/C15H25ClN2/c1-4-12(5-2)10-18(6-3)11-13-7-8-14(16)9-15(13)17/h7-9,12H,4-6,10-11,17H2,1-3H3. The van der Waals surface area contributed by atoms with Crippen LogP contribution in [0, 0.1) is 5.92 Å². The summed E-state index contributed by atoms with van der Waals surface area (Å²) in [5, 5.41) is 0.708. The van der Waals surface area contributed by atoms with E-state index in [1.807, 2.05) is 18.2 Å². The summed E-state index contributed by atoms with van der Waals surface area (Å²) in [4.78, 5) is 2.46. The van der Waals surface area contributed by atoms with Crippen LogP contribution in [0.2, 0.25) is 5.02 Å². The number of hydrogen-bond acceptors (Lipinski definition) is 2. The topological polar surface area (TPSA) is 29.3 Å². The summed E-state index contributed by atoms with van der Waals surface area (Å²) >= 11 is 5.92. The van der Waals surface area contributed by atoms with Crippen molar-refractivity contribution >= 4 is 17.3 Å². The maximum atomic E-state index is 6.01. The van der Waals surface area contributed by atoms with Gasteiger partial charge >= 0.3 is 0 Å². The minimum absolute atomic E-state index is 0.708. The molecule has 2 nitrogen and oxygen atoms in total. The molecular weight excluding hydrogens is 244 g/mol. The number of rotatable bonds is 7. The van der Waals surface area contributed by atoms with Crippen molar-refractivity contribution in [2.45, 2.75) is 40.2 Å². The van der Waals surface area contributed by atoms with Crippen LogP contribution in [-0.4, -0.2) is 18.0 Å². The minimum atomic E-state index is 0.708. The van der Waals surface area contributed by atoms with E-state index in [2.05, 4.69) is 25.7 Å². The van der Waals surface area contributed by atoms with E-state index in [0.717, 1.165) is 31.2 Å². The molecule has 0 spiro atoms. The molecule has 0 aliphatic rings. The molecule has 0 saturated heterocycles. The van der Waals surface area contributed by atoms with E-state index >= 15 is 0 Å². The normalized spacial score (nSPS) is 11.4. The van der Waals surface area contributed by atoms with Crippen LogP contribution in [0.25, 0.3) is 0 Å². The third kappa shape index (κ3) is 4.51. The van der Waals surface area contributed by atoms with E-state index in [1.165, 1.54) is 18.4 Å². The summed E-state index contributed by atoms with van der Waals surface area (Å²) in [5.74, 6) is 0.776. The fraction of sp³-hybridized carbons (Fsp3) is 0.600. The van der Waals surface area contributed by atoms with Crippen LogP contribution in [0.15, 0.2) is 18.2 Å². The molecule has 18 heavy (non-hydrogen) atoms. The quantitative estimate of drug-likeness (QED) is 0.752. The second-order valence-electron chi connectivity index (χ2n) is 4.85. The average molecular weight is 269 g/mol. The number of nitrogens with two attached hydrogens (primary N) is 1. The van der Waals surface area contributed by atoms with Crippen LogP contribution in [0.4, 0.5) is 5.69 Å². The Labute approximate surface area is 116 Å². The van der Waals surface area contributed by atoms with Gasteiger partial charge in [-0.3, -0.25) is 4.90 Å². The first-order valence-corrected chi connectivity index (χ1v) is 7.24. The maximum absolute atomic E-state index is 6.01. The third-order valence-electron chi connectivity index (χ3n) is 3.62. The molecule has 0 radical (unpaired) electrons. The Morgan fingerprint density at radius 2 is 1.89 bits per heavy atom. The fourth-order valence-electron chi connectivity index (χ4n) is 2.17. The van der Waals surface area contributed by atoms with Crippen molar-refractivity contribution in [2.24, 2.45) is 5.92 Å². The van der Waals surface area contributed by atoms with Crippen molar-refractivity contribution < 1.29 is 0 Å². The number of halogens is 1. The summed E-state index contributed by atoms with van der Waals surface area (Å²) < 4.78 is 0. The monoisotopic (exact) mass is 268 g/mol. The molecule has 2 N–H and O–H groups in total. The molecule has 0 aliphatic carbocycles. The predicted molar refractivity (Wildman–Crippen MR) is 80.9 cm³/mol. The zero-order chi connectivity index (χ0) is 13.5. The van der Waals surface area contributed by atoms with Crippen LogP contribution >= 0.6 is 11.6 Å². The van der Waals surface area contributed by atoms with E-state index in [0.29, 0.717) is 5.02 Å². The van der Waals surface area contributed by atoms with Crippen molar-refractivity contribution in [2.75, 3.05) is 18.8 Å². The van der Waals surface area contributed by atoms with Crippen LogP contribution in [0.5, 0.6) is 0 Å². The lowest BCUT2D eigenvalue weighted by Crippen LogP contribution is -2.29. The Hall–Kier alpha value is -0.730. The first-order valence-electron chi connectivity index (χ1n) is 6.86. The van der Waals surface area contributed by atoms with Crippen molar-refractivity contribution in [1.82, 2.24) is 4.90 Å². The second-order valence-corrected chi connectivity index (χ2v) is 5.29. The van der Waals surface area contributed by atoms with Gasteiger partial charge in [0, 0.05) is 23.8 Å². The second kappa shape index (κ2) is 7.65. The molecule has 0 amide bonds. The zero-order valence-electron chi connectivity index (χ0n) is 11.7. The molecule has 3 heteroatoms. The van der Waals surface area contributed by atoms with Gasteiger partial charge in [-0.25, -0.2) is 0 Å². The molecule has 0 fully saturated rings. The number of nitrogen functional groups attached to an aromatic ring is 1. The number of benzene rings is 1. The van der Waals surface area contributed by atoms with Gasteiger partial charge in [-0.05, 0) is 30.2 Å². The molecule has 102 valence electrons. The van der Waals surface area contributed by atoms with Gasteiger partial charge in [-0.15, -0.1) is 0 Å². The number of nitrogens with zero attached hydrogens (tertiary/aromatic N) is 1. The Bertz CT molecular complexity index is 362. The highest BCUT2D eigenvalue weighted by atomic mass is 35.5. The average Bonchev–Trinajstić information content (AvgIpc) is 2.37. The molecule has 0 bridgehead atoms. The Kier molecular flexibility index (Phi) is 6.51. The van der Waals surface area contributed by atoms with Gasteiger partial charge in [-0.1, -0.05) is 51.3 Å². The molecule has 0 saturated carbocycles. The van der Waals surface area contributed by atoms with Crippen LogP contribution in [0.3, 0.4) is 0 Å². The lowest BCUT2D eigenvalue weighted by Gasteiger charge is -2.25. The zero-order valence-corrected chi connectivity index (χ0v) is 12.5. The molecule has 0 heterocycles. The fourth-order valence-corrected chi connectivity index (χ4v) is 2.35. The number of hydrogen-bond donors (Lipinski definition) is 1. The molecule has 1 aromatic carbocycles. The van der Waals surface area contributed by atoms with Gasteiger partial charge in [0.1, 0.15) is 0 Å². The van der Waals surface area contributed by atoms with Gasteiger partial charge < -0.3 is 5.73 Å². The predicted octanol–water partition coefficient (Wildman–Crippen LogP) is 4.18. The van der Waals surface area contributed by atoms with E-state index in [4.69, 9.17) is 17.3 Å². The molecular formula is C15H25ClN2. The number of anilines is 1. The van der Waals surface area contributed by atoms with E-state index in [9.17, 15) is 0 Å². The lowest BCUT2D eigenvalue weighted by atomic mass is 10.0. The Balaban J connectivity index is 2.67. The van der Waals surface area contributed by atoms with Crippen LogP contribution in [0.1, 0.15) is 39.2 Å². The first kappa shape index (κ1) is 15.3. The van der Waals surface area contributed by atoms with Gasteiger partial charge in [0.2, 0.25) is 0 Å². The molecule has 1 rings (SSSR count). The first-order chi connectivity index (χ1) is 8.60. The molecule has 1 aromatic rings. The molecule has 0 atom stereocenters. The van der Waals surface area contributed by atoms with Gasteiger partial charge in [0.25, 0.3) is 0 Å². The van der Waals surface area contributed by atoms with Crippen molar-refractivity contribution in [3.63, 3.8) is 0 Å². The maximum Gasteiger partial charge on any atom is 0.0426 e. The summed E-state index contributed by atoms with van der Waals surface area (Å²) in [5.41, 5.74) is 7.98. The van der Waals surface area contributed by atoms with Crippen LogP contribution in [-0.2, 0) is 6.54 Å². The van der Waals surface area contributed by atoms with Crippen LogP contribution < -0.4 is 5.73 Å². The lowest BCUT2D eigenvalue weighted by molar-refractivity contribution is 0.226. The van der Waals surface area contributed by atoms with E-state index in [1.54, 1.807) is 0 Å². The largest absolute Gasteiger partial charge is 0.398 e. The smallest absolute Gasteiger partial charge is 0.0426 e. The molecule has 0 unspecified atom stereocenters. The third-order valence-corrected chi connectivity index (χ3v) is 3.86.